The number of benzene rings is 1. The van der Waals surface area contributed by atoms with Gasteiger partial charge in [-0.2, -0.15) is 0 Å². The average molecular weight is 261 g/mol. The molecule has 1 N–H and O–H groups in total. The number of halogens is 1. The summed E-state index contributed by atoms with van der Waals surface area (Å²) in [5, 5.41) is 4.27. The van der Waals surface area contributed by atoms with E-state index >= 15 is 0 Å². The number of aromatic nitrogens is 1. The first-order valence-electron chi connectivity index (χ1n) is 6.12. The number of nitrogens with one attached hydrogen (secondary N) is 1. The first kappa shape index (κ1) is 12.9. The summed E-state index contributed by atoms with van der Waals surface area (Å²) >= 11 is 6.03. The molecule has 0 spiro atoms. The lowest BCUT2D eigenvalue weighted by Gasteiger charge is -2.19. The third-order valence-corrected chi connectivity index (χ3v) is 3.11. The Labute approximate surface area is 113 Å². The summed E-state index contributed by atoms with van der Waals surface area (Å²) in [5.41, 5.74) is 3.40. The fourth-order valence-corrected chi connectivity index (χ4v) is 2.18. The van der Waals surface area contributed by atoms with Gasteiger partial charge in [-0.05, 0) is 42.7 Å². The predicted molar refractivity (Wildman–Crippen MR) is 77.1 cm³/mol. The largest absolute Gasteiger partial charge is 0.377 e. The SMILES string of the molecule is CCC(Nc1cncc(C)c1)c1cccc(Cl)c1. The molecule has 0 aliphatic rings. The van der Waals surface area contributed by atoms with Crippen LogP contribution >= 0.6 is 11.6 Å². The lowest BCUT2D eigenvalue weighted by atomic mass is 10.0. The highest BCUT2D eigenvalue weighted by Gasteiger charge is 2.09. The van der Waals surface area contributed by atoms with Gasteiger partial charge >= 0.3 is 0 Å². The smallest absolute Gasteiger partial charge is 0.0534 e. The van der Waals surface area contributed by atoms with Gasteiger partial charge in [0.25, 0.3) is 0 Å². The molecular formula is C15H17ClN2. The monoisotopic (exact) mass is 260 g/mol. The van der Waals surface area contributed by atoms with E-state index in [0.29, 0.717) is 0 Å². The maximum atomic E-state index is 6.03. The van der Waals surface area contributed by atoms with Crippen molar-refractivity contribution in [2.24, 2.45) is 0 Å². The topological polar surface area (TPSA) is 24.9 Å². The highest BCUT2D eigenvalue weighted by Crippen LogP contribution is 2.24. The van der Waals surface area contributed by atoms with Crippen molar-refractivity contribution >= 4 is 17.3 Å². The number of nitrogens with zero attached hydrogens (tertiary/aromatic N) is 1. The third-order valence-electron chi connectivity index (χ3n) is 2.88. The van der Waals surface area contributed by atoms with Crippen molar-refractivity contribution in [3.63, 3.8) is 0 Å². The van der Waals surface area contributed by atoms with Crippen LogP contribution in [-0.2, 0) is 0 Å². The van der Waals surface area contributed by atoms with Crippen LogP contribution in [0.3, 0.4) is 0 Å². The van der Waals surface area contributed by atoms with Crippen LogP contribution in [0.15, 0.2) is 42.7 Å². The summed E-state index contributed by atoms with van der Waals surface area (Å²) < 4.78 is 0. The summed E-state index contributed by atoms with van der Waals surface area (Å²) in [4.78, 5) is 4.19. The second kappa shape index (κ2) is 5.87. The van der Waals surface area contributed by atoms with E-state index < -0.39 is 0 Å². The number of aryl methyl sites for hydroxylation is 1. The Balaban J connectivity index is 2.19. The minimum atomic E-state index is 0.257. The molecule has 2 rings (SSSR count). The average Bonchev–Trinajstić information content (AvgIpc) is 2.36. The van der Waals surface area contributed by atoms with Crippen molar-refractivity contribution in [2.45, 2.75) is 26.3 Å². The molecule has 0 fully saturated rings. The van der Waals surface area contributed by atoms with E-state index in [1.165, 1.54) is 5.56 Å². The summed E-state index contributed by atoms with van der Waals surface area (Å²) in [5.74, 6) is 0. The van der Waals surface area contributed by atoms with Crippen LogP contribution in [-0.4, -0.2) is 4.98 Å². The molecule has 0 amide bonds. The van der Waals surface area contributed by atoms with E-state index in [4.69, 9.17) is 11.6 Å². The molecule has 94 valence electrons. The molecule has 18 heavy (non-hydrogen) atoms. The first-order valence-corrected chi connectivity index (χ1v) is 6.50. The summed E-state index contributed by atoms with van der Waals surface area (Å²) in [6.07, 6.45) is 4.69. The Kier molecular flexibility index (Phi) is 4.21. The van der Waals surface area contributed by atoms with Gasteiger partial charge in [-0.3, -0.25) is 4.98 Å². The Hall–Kier alpha value is -1.54. The fourth-order valence-electron chi connectivity index (χ4n) is 1.98. The predicted octanol–water partition coefficient (Wildman–Crippen LogP) is 4.61. The van der Waals surface area contributed by atoms with Crippen LogP contribution < -0.4 is 5.32 Å². The van der Waals surface area contributed by atoms with Gasteiger partial charge in [0, 0.05) is 17.4 Å². The van der Waals surface area contributed by atoms with Crippen LogP contribution in [0.1, 0.15) is 30.5 Å². The number of hydrogen-bond donors (Lipinski definition) is 1. The summed E-state index contributed by atoms with van der Waals surface area (Å²) in [6, 6.07) is 10.3. The standard InChI is InChI=1S/C15H17ClN2/c1-3-15(12-5-4-6-13(16)8-12)18-14-7-11(2)9-17-10-14/h4-10,15,18H,3H2,1-2H3. The zero-order valence-electron chi connectivity index (χ0n) is 10.7. The first-order chi connectivity index (χ1) is 8.69. The van der Waals surface area contributed by atoms with Gasteiger partial charge in [0.05, 0.1) is 11.7 Å². The van der Waals surface area contributed by atoms with Crippen LogP contribution in [0.2, 0.25) is 5.02 Å². The number of anilines is 1. The van der Waals surface area contributed by atoms with Gasteiger partial charge in [0.15, 0.2) is 0 Å². The molecule has 1 aromatic carbocycles. The van der Waals surface area contributed by atoms with Crippen molar-refractivity contribution in [3.8, 4) is 0 Å². The van der Waals surface area contributed by atoms with Gasteiger partial charge in [-0.25, -0.2) is 0 Å². The zero-order chi connectivity index (χ0) is 13.0. The highest BCUT2D eigenvalue weighted by molar-refractivity contribution is 6.30. The van der Waals surface area contributed by atoms with Crippen LogP contribution in [0.5, 0.6) is 0 Å². The van der Waals surface area contributed by atoms with Crippen molar-refractivity contribution in [2.75, 3.05) is 5.32 Å². The molecule has 0 saturated carbocycles. The molecule has 2 aromatic rings. The Morgan fingerprint density at radius 2 is 2.11 bits per heavy atom. The molecular weight excluding hydrogens is 244 g/mol. The molecule has 0 radical (unpaired) electrons. The van der Waals surface area contributed by atoms with E-state index in [0.717, 1.165) is 22.7 Å². The molecule has 0 aliphatic heterocycles. The normalized spacial score (nSPS) is 12.2. The van der Waals surface area contributed by atoms with Gasteiger partial charge in [0.2, 0.25) is 0 Å². The van der Waals surface area contributed by atoms with Gasteiger partial charge in [-0.1, -0.05) is 30.7 Å². The lowest BCUT2D eigenvalue weighted by Crippen LogP contribution is -2.09. The van der Waals surface area contributed by atoms with Crippen LogP contribution in [0, 0.1) is 6.92 Å². The molecule has 1 atom stereocenters. The van der Waals surface area contributed by atoms with E-state index in [-0.39, 0.29) is 6.04 Å². The van der Waals surface area contributed by atoms with E-state index in [1.807, 2.05) is 37.5 Å². The minimum absolute atomic E-state index is 0.257. The molecule has 3 heteroatoms. The van der Waals surface area contributed by atoms with Crippen LogP contribution in [0.4, 0.5) is 5.69 Å². The summed E-state index contributed by atoms with van der Waals surface area (Å²) in [7, 11) is 0. The highest BCUT2D eigenvalue weighted by atomic mass is 35.5. The fraction of sp³-hybridized carbons (Fsp3) is 0.267. The molecule has 0 bridgehead atoms. The van der Waals surface area contributed by atoms with Gasteiger partial charge in [-0.15, -0.1) is 0 Å². The van der Waals surface area contributed by atoms with Crippen molar-refractivity contribution in [1.29, 1.82) is 0 Å². The van der Waals surface area contributed by atoms with E-state index in [9.17, 15) is 0 Å². The Morgan fingerprint density at radius 1 is 1.28 bits per heavy atom. The number of rotatable bonds is 4. The van der Waals surface area contributed by atoms with Crippen molar-refractivity contribution in [3.05, 3.63) is 58.9 Å². The Bertz CT molecular complexity index is 525. The number of hydrogen-bond acceptors (Lipinski definition) is 2. The summed E-state index contributed by atoms with van der Waals surface area (Å²) in [6.45, 7) is 4.19. The van der Waals surface area contributed by atoms with Crippen molar-refractivity contribution < 1.29 is 0 Å². The minimum Gasteiger partial charge on any atom is -0.377 e. The number of pyridine rings is 1. The second-order valence-corrected chi connectivity index (χ2v) is 4.85. The molecule has 1 heterocycles. The van der Waals surface area contributed by atoms with E-state index in [2.05, 4.69) is 29.4 Å². The van der Waals surface area contributed by atoms with Crippen molar-refractivity contribution in [1.82, 2.24) is 4.98 Å². The zero-order valence-corrected chi connectivity index (χ0v) is 11.4. The Morgan fingerprint density at radius 3 is 2.78 bits per heavy atom. The molecule has 1 aromatic heterocycles. The van der Waals surface area contributed by atoms with Gasteiger partial charge < -0.3 is 5.32 Å². The lowest BCUT2D eigenvalue weighted by molar-refractivity contribution is 0.748. The maximum absolute atomic E-state index is 6.03. The molecule has 1 unspecified atom stereocenters. The molecule has 2 nitrogen and oxygen atoms in total. The quantitative estimate of drug-likeness (QED) is 0.869. The second-order valence-electron chi connectivity index (χ2n) is 4.41. The third kappa shape index (κ3) is 3.23. The van der Waals surface area contributed by atoms with E-state index in [1.54, 1.807) is 0 Å². The van der Waals surface area contributed by atoms with Gasteiger partial charge in [0.1, 0.15) is 0 Å². The van der Waals surface area contributed by atoms with Crippen LogP contribution in [0.25, 0.3) is 0 Å². The molecule has 0 aliphatic carbocycles. The maximum Gasteiger partial charge on any atom is 0.0534 e. The molecule has 0 saturated heterocycles.